The van der Waals surface area contributed by atoms with Crippen LogP contribution in [-0.2, 0) is 13.6 Å². The standard InChI is InChI=1S/C14H21N5/c1-11(13-7-5-6-8-15-13)16-9-12-10-17-14(18(2)3)19(12)4/h5-8,10-11,16H,9H2,1-4H3/t11-/m1/s1. The molecular weight excluding hydrogens is 238 g/mol. The molecule has 0 aliphatic carbocycles. The molecule has 0 saturated carbocycles. The van der Waals surface area contributed by atoms with Crippen LogP contribution in [0.4, 0.5) is 5.95 Å². The van der Waals surface area contributed by atoms with Gasteiger partial charge >= 0.3 is 0 Å². The third kappa shape index (κ3) is 3.12. The summed E-state index contributed by atoms with van der Waals surface area (Å²) in [5, 5.41) is 3.47. The third-order valence-electron chi connectivity index (χ3n) is 3.18. The zero-order chi connectivity index (χ0) is 13.8. The predicted octanol–water partition coefficient (Wildman–Crippen LogP) is 1.73. The van der Waals surface area contributed by atoms with Gasteiger partial charge in [0.05, 0.1) is 17.6 Å². The van der Waals surface area contributed by atoms with Crippen molar-refractivity contribution in [3.05, 3.63) is 42.0 Å². The highest BCUT2D eigenvalue weighted by Gasteiger charge is 2.10. The Kier molecular flexibility index (Phi) is 4.16. The van der Waals surface area contributed by atoms with Crippen LogP contribution >= 0.6 is 0 Å². The SMILES string of the molecule is C[C@@H](NCc1cnc(N(C)C)n1C)c1ccccn1. The lowest BCUT2D eigenvalue weighted by atomic mass is 10.2. The molecule has 2 aromatic heterocycles. The molecule has 0 spiro atoms. The van der Waals surface area contributed by atoms with Crippen LogP contribution in [0, 0.1) is 0 Å². The summed E-state index contributed by atoms with van der Waals surface area (Å²) in [6, 6.07) is 6.20. The summed E-state index contributed by atoms with van der Waals surface area (Å²) in [7, 11) is 6.02. The summed E-state index contributed by atoms with van der Waals surface area (Å²) >= 11 is 0. The van der Waals surface area contributed by atoms with Crippen molar-refractivity contribution in [2.75, 3.05) is 19.0 Å². The molecule has 0 aliphatic rings. The molecule has 1 atom stereocenters. The lowest BCUT2D eigenvalue weighted by Gasteiger charge is -2.15. The zero-order valence-corrected chi connectivity index (χ0v) is 12.0. The van der Waals surface area contributed by atoms with Gasteiger partial charge in [-0.25, -0.2) is 4.98 Å². The van der Waals surface area contributed by atoms with Crippen molar-refractivity contribution in [3.63, 3.8) is 0 Å². The average molecular weight is 259 g/mol. The van der Waals surface area contributed by atoms with E-state index in [0.29, 0.717) is 0 Å². The smallest absolute Gasteiger partial charge is 0.204 e. The van der Waals surface area contributed by atoms with Crippen LogP contribution in [0.25, 0.3) is 0 Å². The second kappa shape index (κ2) is 5.84. The second-order valence-corrected chi connectivity index (χ2v) is 4.86. The molecule has 0 fully saturated rings. The fourth-order valence-corrected chi connectivity index (χ4v) is 2.01. The topological polar surface area (TPSA) is 46.0 Å². The third-order valence-corrected chi connectivity index (χ3v) is 3.18. The van der Waals surface area contributed by atoms with Crippen molar-refractivity contribution < 1.29 is 0 Å². The zero-order valence-electron chi connectivity index (χ0n) is 12.0. The molecule has 102 valence electrons. The number of rotatable bonds is 5. The number of pyridine rings is 1. The maximum absolute atomic E-state index is 4.40. The maximum Gasteiger partial charge on any atom is 0.204 e. The molecule has 0 radical (unpaired) electrons. The van der Waals surface area contributed by atoms with Crippen molar-refractivity contribution in [2.24, 2.45) is 7.05 Å². The first kappa shape index (κ1) is 13.5. The second-order valence-electron chi connectivity index (χ2n) is 4.86. The molecule has 0 saturated heterocycles. The van der Waals surface area contributed by atoms with E-state index >= 15 is 0 Å². The van der Waals surface area contributed by atoms with Crippen LogP contribution in [0.5, 0.6) is 0 Å². The van der Waals surface area contributed by atoms with Crippen molar-refractivity contribution in [3.8, 4) is 0 Å². The fourth-order valence-electron chi connectivity index (χ4n) is 2.01. The Balaban J connectivity index is 1.99. The van der Waals surface area contributed by atoms with Crippen LogP contribution < -0.4 is 10.2 Å². The number of aromatic nitrogens is 3. The predicted molar refractivity (Wildman–Crippen MR) is 77.0 cm³/mol. The number of nitrogens with one attached hydrogen (secondary N) is 1. The molecule has 2 aromatic rings. The number of hydrogen-bond donors (Lipinski definition) is 1. The molecule has 0 aromatic carbocycles. The summed E-state index contributed by atoms with van der Waals surface area (Å²) < 4.78 is 2.10. The molecule has 0 unspecified atom stereocenters. The maximum atomic E-state index is 4.40. The van der Waals surface area contributed by atoms with E-state index in [4.69, 9.17) is 0 Å². The van der Waals surface area contributed by atoms with Crippen molar-refractivity contribution >= 4 is 5.95 Å². The quantitative estimate of drug-likeness (QED) is 0.888. The van der Waals surface area contributed by atoms with Gasteiger partial charge in [-0.3, -0.25) is 4.98 Å². The van der Waals surface area contributed by atoms with Gasteiger partial charge in [-0.1, -0.05) is 6.07 Å². The highest BCUT2D eigenvalue weighted by atomic mass is 15.3. The molecule has 5 heteroatoms. The van der Waals surface area contributed by atoms with E-state index in [2.05, 4.69) is 26.8 Å². The average Bonchev–Trinajstić information content (AvgIpc) is 2.78. The Bertz CT molecular complexity index is 518. The van der Waals surface area contributed by atoms with E-state index in [-0.39, 0.29) is 6.04 Å². The van der Waals surface area contributed by atoms with Crippen molar-refractivity contribution in [2.45, 2.75) is 19.5 Å². The van der Waals surface area contributed by atoms with Gasteiger partial charge in [0.15, 0.2) is 0 Å². The molecule has 0 bridgehead atoms. The lowest BCUT2D eigenvalue weighted by molar-refractivity contribution is 0.546. The first-order valence-electron chi connectivity index (χ1n) is 6.42. The Morgan fingerprint density at radius 3 is 2.68 bits per heavy atom. The van der Waals surface area contributed by atoms with Crippen LogP contribution in [0.3, 0.4) is 0 Å². The minimum Gasteiger partial charge on any atom is -0.348 e. The number of nitrogens with zero attached hydrogens (tertiary/aromatic N) is 4. The summed E-state index contributed by atoms with van der Waals surface area (Å²) in [6.45, 7) is 2.89. The van der Waals surface area contributed by atoms with Crippen LogP contribution in [0.15, 0.2) is 30.6 Å². The lowest BCUT2D eigenvalue weighted by Crippen LogP contribution is -2.21. The van der Waals surface area contributed by atoms with Crippen molar-refractivity contribution in [1.29, 1.82) is 0 Å². The number of anilines is 1. The van der Waals surface area contributed by atoms with Gasteiger partial charge in [-0.05, 0) is 19.1 Å². The summed E-state index contributed by atoms with van der Waals surface area (Å²) in [6.07, 6.45) is 3.73. The summed E-state index contributed by atoms with van der Waals surface area (Å²) in [5.74, 6) is 0.960. The number of hydrogen-bond acceptors (Lipinski definition) is 4. The Labute approximate surface area is 114 Å². The van der Waals surface area contributed by atoms with Crippen molar-refractivity contribution in [1.82, 2.24) is 19.9 Å². The monoisotopic (exact) mass is 259 g/mol. The van der Waals surface area contributed by atoms with E-state index in [1.54, 1.807) is 0 Å². The van der Waals surface area contributed by atoms with Gasteiger partial charge in [0, 0.05) is 39.9 Å². The minimum absolute atomic E-state index is 0.221. The van der Waals surface area contributed by atoms with Gasteiger partial charge in [-0.2, -0.15) is 0 Å². The Morgan fingerprint density at radius 1 is 1.32 bits per heavy atom. The fraction of sp³-hybridized carbons (Fsp3) is 0.429. The van der Waals surface area contributed by atoms with Gasteiger partial charge in [0.25, 0.3) is 0 Å². The molecule has 5 nitrogen and oxygen atoms in total. The largest absolute Gasteiger partial charge is 0.348 e. The highest BCUT2D eigenvalue weighted by Crippen LogP contribution is 2.13. The Morgan fingerprint density at radius 2 is 2.11 bits per heavy atom. The summed E-state index contributed by atoms with van der Waals surface area (Å²) in [4.78, 5) is 10.8. The minimum atomic E-state index is 0.221. The molecule has 19 heavy (non-hydrogen) atoms. The van der Waals surface area contributed by atoms with Gasteiger partial charge in [0.2, 0.25) is 5.95 Å². The van der Waals surface area contributed by atoms with Gasteiger partial charge in [-0.15, -0.1) is 0 Å². The van der Waals surface area contributed by atoms with Crippen LogP contribution in [-0.4, -0.2) is 28.6 Å². The van der Waals surface area contributed by atoms with E-state index in [9.17, 15) is 0 Å². The first-order valence-corrected chi connectivity index (χ1v) is 6.42. The molecule has 0 aliphatic heterocycles. The van der Waals surface area contributed by atoms with Crippen LogP contribution in [0.1, 0.15) is 24.4 Å². The van der Waals surface area contributed by atoms with Crippen LogP contribution in [0.2, 0.25) is 0 Å². The van der Waals surface area contributed by atoms with E-state index in [1.807, 2.05) is 56.6 Å². The van der Waals surface area contributed by atoms with E-state index in [1.165, 1.54) is 0 Å². The highest BCUT2D eigenvalue weighted by molar-refractivity contribution is 5.30. The van der Waals surface area contributed by atoms with E-state index in [0.717, 1.165) is 23.9 Å². The van der Waals surface area contributed by atoms with Gasteiger partial charge < -0.3 is 14.8 Å². The molecule has 2 heterocycles. The normalized spacial score (nSPS) is 12.4. The molecule has 2 rings (SSSR count). The number of imidazole rings is 1. The Hall–Kier alpha value is -1.88. The molecular formula is C14H21N5. The molecule has 0 amide bonds. The molecule has 1 N–H and O–H groups in total. The van der Waals surface area contributed by atoms with E-state index < -0.39 is 0 Å². The van der Waals surface area contributed by atoms with Gasteiger partial charge in [0.1, 0.15) is 0 Å². The first-order chi connectivity index (χ1) is 9.09. The summed E-state index contributed by atoms with van der Waals surface area (Å²) in [5.41, 5.74) is 2.21.